The van der Waals surface area contributed by atoms with Crippen molar-refractivity contribution in [3.63, 3.8) is 0 Å². The van der Waals surface area contributed by atoms with Crippen molar-refractivity contribution in [2.24, 2.45) is 0 Å². The summed E-state index contributed by atoms with van der Waals surface area (Å²) in [6.45, 7) is 25.0. The maximum absolute atomic E-state index is 2.59. The van der Waals surface area contributed by atoms with Crippen LogP contribution in [0.4, 0.5) is 0 Å². The fraction of sp³-hybridized carbons (Fsp3) is 0.429. The van der Waals surface area contributed by atoms with Crippen molar-refractivity contribution in [3.05, 3.63) is 70.8 Å². The molecule has 0 unspecified atom stereocenters. The van der Waals surface area contributed by atoms with E-state index in [1.165, 1.54) is 22.3 Å². The number of hydrogen-bond donors (Lipinski definition) is 0. The third kappa shape index (κ3) is 2.76. The fourth-order valence-electron chi connectivity index (χ4n) is 4.94. The first-order valence-electron chi connectivity index (χ1n) is 11.4. The second-order valence-electron chi connectivity index (χ2n) is 12.3. The lowest BCUT2D eigenvalue weighted by molar-refractivity contribution is 0.730. The zero-order valence-electron chi connectivity index (χ0n) is 20.6. The normalized spacial score (nSPS) is 16.7. The van der Waals surface area contributed by atoms with Crippen LogP contribution in [-0.4, -0.2) is 16.1 Å². The molecule has 2 aromatic rings. The predicted octanol–water partition coefficient (Wildman–Crippen LogP) is 8.93. The highest BCUT2D eigenvalue weighted by Gasteiger charge is 2.50. The molecule has 4 rings (SSSR count). The summed E-state index contributed by atoms with van der Waals surface area (Å²) < 4.78 is 0. The molecule has 0 fully saturated rings. The lowest BCUT2D eigenvalue weighted by atomic mass is 10.0. The molecular formula is C28H38Si2. The SMILES string of the molecule is CC(C)(C)[Si](C)(C)C1=C2C(=C([Si](C)(C)C(C)(C)C)c3ccccc32)c2ccccc21. The van der Waals surface area contributed by atoms with Gasteiger partial charge in [0.05, 0.1) is 16.1 Å². The molecule has 2 aliphatic rings. The lowest BCUT2D eigenvalue weighted by Gasteiger charge is -2.39. The predicted molar refractivity (Wildman–Crippen MR) is 141 cm³/mol. The molecule has 0 nitrogen and oxygen atoms in total. The Bertz CT molecular complexity index is 1010. The van der Waals surface area contributed by atoms with Crippen LogP contribution in [0.2, 0.25) is 36.3 Å². The van der Waals surface area contributed by atoms with E-state index in [1.807, 2.05) is 0 Å². The van der Waals surface area contributed by atoms with Gasteiger partial charge in [0.1, 0.15) is 0 Å². The molecule has 0 saturated heterocycles. The molecule has 30 heavy (non-hydrogen) atoms. The van der Waals surface area contributed by atoms with E-state index in [9.17, 15) is 0 Å². The van der Waals surface area contributed by atoms with Crippen LogP contribution < -0.4 is 0 Å². The van der Waals surface area contributed by atoms with Crippen LogP contribution >= 0.6 is 0 Å². The minimum atomic E-state index is -1.75. The summed E-state index contributed by atoms with van der Waals surface area (Å²) in [5, 5.41) is 3.96. The molecule has 2 heteroatoms. The van der Waals surface area contributed by atoms with Crippen molar-refractivity contribution in [2.45, 2.75) is 77.8 Å². The van der Waals surface area contributed by atoms with Crippen LogP contribution in [0.5, 0.6) is 0 Å². The molecule has 0 atom stereocenters. The number of hydrogen-bond acceptors (Lipinski definition) is 0. The van der Waals surface area contributed by atoms with E-state index >= 15 is 0 Å². The van der Waals surface area contributed by atoms with Crippen LogP contribution in [0.3, 0.4) is 0 Å². The van der Waals surface area contributed by atoms with Gasteiger partial charge in [-0.3, -0.25) is 0 Å². The monoisotopic (exact) mass is 430 g/mol. The van der Waals surface area contributed by atoms with Gasteiger partial charge in [0.15, 0.2) is 0 Å². The number of fused-ring (bicyclic) bond motifs is 5. The van der Waals surface area contributed by atoms with E-state index in [-0.39, 0.29) is 0 Å². The Balaban J connectivity index is 2.20. The summed E-state index contributed by atoms with van der Waals surface area (Å²) in [6.07, 6.45) is 0. The van der Waals surface area contributed by atoms with E-state index < -0.39 is 16.1 Å². The molecule has 0 bridgehead atoms. The summed E-state index contributed by atoms with van der Waals surface area (Å²) in [6, 6.07) is 18.5. The molecule has 2 aliphatic carbocycles. The highest BCUT2D eigenvalue weighted by molar-refractivity contribution is 7.02. The van der Waals surface area contributed by atoms with Crippen LogP contribution in [0.1, 0.15) is 63.8 Å². The largest absolute Gasteiger partial charge is 0.0875 e. The Morgan fingerprint density at radius 3 is 1.00 bits per heavy atom. The van der Waals surface area contributed by atoms with Gasteiger partial charge in [0.25, 0.3) is 0 Å². The van der Waals surface area contributed by atoms with Crippen molar-refractivity contribution in [2.75, 3.05) is 0 Å². The van der Waals surface area contributed by atoms with Crippen molar-refractivity contribution in [1.29, 1.82) is 0 Å². The van der Waals surface area contributed by atoms with Crippen LogP contribution in [0.25, 0.3) is 21.5 Å². The third-order valence-corrected chi connectivity index (χ3v) is 19.7. The maximum Gasteiger partial charge on any atom is 0.0875 e. The second kappa shape index (κ2) is 6.43. The third-order valence-electron chi connectivity index (χ3n) is 8.68. The summed E-state index contributed by atoms with van der Waals surface area (Å²) in [4.78, 5) is 0. The number of rotatable bonds is 2. The molecule has 0 aromatic heterocycles. The first kappa shape index (κ1) is 21.6. The van der Waals surface area contributed by atoms with Gasteiger partial charge >= 0.3 is 0 Å². The number of benzene rings is 2. The first-order chi connectivity index (χ1) is 13.7. The van der Waals surface area contributed by atoms with Gasteiger partial charge in [0.2, 0.25) is 0 Å². The smallest absolute Gasteiger partial charge is 0.0650 e. The maximum atomic E-state index is 2.59. The Kier molecular flexibility index (Phi) is 4.63. The topological polar surface area (TPSA) is 0 Å². The highest BCUT2D eigenvalue weighted by Crippen LogP contribution is 2.63. The number of allylic oxidation sites excluding steroid dienone is 2. The van der Waals surface area contributed by atoms with Gasteiger partial charge in [-0.1, -0.05) is 116 Å². The second-order valence-corrected chi connectivity index (χ2v) is 22.8. The zero-order valence-corrected chi connectivity index (χ0v) is 22.6. The van der Waals surface area contributed by atoms with Gasteiger partial charge in [-0.05, 0) is 53.9 Å². The van der Waals surface area contributed by atoms with Gasteiger partial charge < -0.3 is 0 Å². The minimum absolute atomic E-state index is 0.298. The lowest BCUT2D eigenvalue weighted by Crippen LogP contribution is -2.39. The van der Waals surface area contributed by atoms with E-state index in [2.05, 4.69) is 116 Å². The minimum Gasteiger partial charge on any atom is -0.0650 e. The standard InChI is InChI=1S/C28H38Si2/c1-27(2,3)29(7,8)25-21-17-13-11-15-19(21)24-23(25)20-16-12-14-18-22(20)26(24)30(9,10)28(4,5)6/h11-18H,1-10H3. The van der Waals surface area contributed by atoms with Crippen molar-refractivity contribution >= 4 is 37.7 Å². The van der Waals surface area contributed by atoms with E-state index in [1.54, 1.807) is 21.5 Å². The zero-order chi connectivity index (χ0) is 22.3. The molecule has 0 N–H and O–H groups in total. The Hall–Kier alpha value is -1.65. The highest BCUT2D eigenvalue weighted by atomic mass is 28.3. The van der Waals surface area contributed by atoms with Crippen molar-refractivity contribution in [3.8, 4) is 0 Å². The fourth-order valence-corrected chi connectivity index (χ4v) is 10.00. The van der Waals surface area contributed by atoms with Gasteiger partial charge in [0, 0.05) is 0 Å². The summed E-state index contributed by atoms with van der Waals surface area (Å²) in [7, 11) is -3.50. The molecule has 0 amide bonds. The van der Waals surface area contributed by atoms with E-state index in [0.717, 1.165) is 0 Å². The Labute approximate surface area is 186 Å². The van der Waals surface area contributed by atoms with Crippen LogP contribution in [0.15, 0.2) is 48.5 Å². The molecule has 0 radical (unpaired) electrons. The van der Waals surface area contributed by atoms with Gasteiger partial charge in [-0.2, -0.15) is 0 Å². The van der Waals surface area contributed by atoms with Gasteiger partial charge in [-0.25, -0.2) is 0 Å². The van der Waals surface area contributed by atoms with Crippen LogP contribution in [0, 0.1) is 0 Å². The Morgan fingerprint density at radius 2 is 0.733 bits per heavy atom. The summed E-state index contributed by atoms with van der Waals surface area (Å²) in [5.41, 5.74) is 9.17. The van der Waals surface area contributed by atoms with E-state index in [0.29, 0.717) is 10.1 Å². The Morgan fingerprint density at radius 1 is 0.467 bits per heavy atom. The summed E-state index contributed by atoms with van der Waals surface area (Å²) in [5.74, 6) is 0. The quantitative estimate of drug-likeness (QED) is 0.417. The average molecular weight is 431 g/mol. The molecule has 2 aromatic carbocycles. The molecule has 0 spiro atoms. The molecule has 0 aliphatic heterocycles. The molecular weight excluding hydrogens is 392 g/mol. The molecule has 0 saturated carbocycles. The summed E-state index contributed by atoms with van der Waals surface area (Å²) >= 11 is 0. The first-order valence-corrected chi connectivity index (χ1v) is 17.4. The van der Waals surface area contributed by atoms with Gasteiger partial charge in [-0.15, -0.1) is 0 Å². The molecule has 0 heterocycles. The van der Waals surface area contributed by atoms with Crippen molar-refractivity contribution < 1.29 is 0 Å². The van der Waals surface area contributed by atoms with Crippen molar-refractivity contribution in [1.82, 2.24) is 0 Å². The average Bonchev–Trinajstić information content (AvgIpc) is 3.12. The van der Waals surface area contributed by atoms with E-state index in [4.69, 9.17) is 0 Å². The van der Waals surface area contributed by atoms with Crippen LogP contribution in [-0.2, 0) is 0 Å². The molecule has 158 valence electrons.